The highest BCUT2D eigenvalue weighted by atomic mass is 16.1. The number of aromatic nitrogens is 6. The lowest BCUT2D eigenvalue weighted by atomic mass is 9.98. The third-order valence-corrected chi connectivity index (χ3v) is 6.72. The van der Waals surface area contributed by atoms with Crippen molar-refractivity contribution in [1.82, 2.24) is 30.4 Å². The lowest BCUT2D eigenvalue weighted by Crippen LogP contribution is -2.11. The molecule has 1 fully saturated rings. The Bertz CT molecular complexity index is 1220. The molecule has 2 atom stereocenters. The molecular formula is C29H28N6O2. The van der Waals surface area contributed by atoms with Crippen LogP contribution in [0.2, 0.25) is 0 Å². The Balaban J connectivity index is 1.12. The summed E-state index contributed by atoms with van der Waals surface area (Å²) in [6.45, 7) is 0. The van der Waals surface area contributed by atoms with Crippen molar-refractivity contribution in [3.8, 4) is 0 Å². The molecule has 0 radical (unpaired) electrons. The summed E-state index contributed by atoms with van der Waals surface area (Å²) < 4.78 is 0. The van der Waals surface area contributed by atoms with E-state index in [-0.39, 0.29) is 24.4 Å². The number of carbonyl (C=O) groups is 2. The van der Waals surface area contributed by atoms with Crippen LogP contribution < -0.4 is 0 Å². The first-order chi connectivity index (χ1) is 18.1. The van der Waals surface area contributed by atoms with Crippen molar-refractivity contribution in [3.05, 3.63) is 107 Å². The van der Waals surface area contributed by atoms with Crippen molar-refractivity contribution in [1.29, 1.82) is 0 Å². The molecule has 0 unspecified atom stereocenters. The quantitative estimate of drug-likeness (QED) is 0.328. The Morgan fingerprint density at radius 1 is 0.568 bits per heavy atom. The highest BCUT2D eigenvalue weighted by molar-refractivity contribution is 5.82. The summed E-state index contributed by atoms with van der Waals surface area (Å²) in [6.07, 6.45) is 7.43. The summed E-state index contributed by atoms with van der Waals surface area (Å²) in [5.74, 6) is 0.749. The average Bonchev–Trinajstić information content (AvgIpc) is 3.41. The molecule has 37 heavy (non-hydrogen) atoms. The lowest BCUT2D eigenvalue weighted by molar-refractivity contribution is -0.118. The molecule has 1 aliphatic rings. The molecule has 186 valence electrons. The van der Waals surface area contributed by atoms with Crippen LogP contribution in [-0.4, -0.2) is 41.9 Å². The highest BCUT2D eigenvalue weighted by Crippen LogP contribution is 2.42. The second kappa shape index (κ2) is 11.7. The Kier molecular flexibility index (Phi) is 7.74. The number of hydrogen-bond donors (Lipinski definition) is 0. The first-order valence-electron chi connectivity index (χ1n) is 12.6. The van der Waals surface area contributed by atoms with Gasteiger partial charge in [-0.25, -0.2) is 0 Å². The van der Waals surface area contributed by atoms with Crippen LogP contribution in [0.1, 0.15) is 65.3 Å². The fraction of sp³-hybridized carbons (Fsp3) is 0.310. The van der Waals surface area contributed by atoms with Crippen LogP contribution in [0.4, 0.5) is 0 Å². The average molecular weight is 493 g/mol. The van der Waals surface area contributed by atoms with Crippen LogP contribution in [0.25, 0.3) is 0 Å². The number of pyridine rings is 2. The summed E-state index contributed by atoms with van der Waals surface area (Å²) in [6, 6.07) is 18.9. The fourth-order valence-electron chi connectivity index (χ4n) is 4.82. The van der Waals surface area contributed by atoms with Crippen molar-refractivity contribution < 1.29 is 9.59 Å². The molecule has 1 saturated carbocycles. The van der Waals surface area contributed by atoms with Gasteiger partial charge < -0.3 is 0 Å². The predicted molar refractivity (Wildman–Crippen MR) is 137 cm³/mol. The van der Waals surface area contributed by atoms with E-state index in [1.807, 2.05) is 60.7 Å². The van der Waals surface area contributed by atoms with Gasteiger partial charge in [0.2, 0.25) is 0 Å². The number of hydrogen-bond acceptors (Lipinski definition) is 8. The molecule has 0 N–H and O–H groups in total. The molecule has 0 aliphatic heterocycles. The van der Waals surface area contributed by atoms with Crippen LogP contribution >= 0.6 is 0 Å². The van der Waals surface area contributed by atoms with Gasteiger partial charge in [-0.3, -0.25) is 19.6 Å². The number of nitrogens with zero attached hydrogens (tertiary/aromatic N) is 6. The molecule has 0 spiro atoms. The van der Waals surface area contributed by atoms with E-state index in [0.717, 1.165) is 42.0 Å². The minimum atomic E-state index is 0.0714. The third-order valence-electron chi connectivity index (χ3n) is 6.72. The largest absolute Gasteiger partial charge is 0.299 e. The summed E-state index contributed by atoms with van der Waals surface area (Å²) in [5.41, 5.74) is 4.79. The van der Waals surface area contributed by atoms with Crippen molar-refractivity contribution in [2.45, 2.75) is 56.8 Å². The van der Waals surface area contributed by atoms with Crippen molar-refractivity contribution >= 4 is 11.6 Å². The van der Waals surface area contributed by atoms with Crippen molar-refractivity contribution in [3.63, 3.8) is 0 Å². The maximum absolute atomic E-state index is 12.3. The fourth-order valence-corrected chi connectivity index (χ4v) is 4.82. The molecule has 0 aromatic carbocycles. The van der Waals surface area contributed by atoms with Gasteiger partial charge in [0.05, 0.1) is 35.6 Å². The Labute approximate surface area is 215 Å². The highest BCUT2D eigenvalue weighted by Gasteiger charge is 2.29. The Morgan fingerprint density at radius 3 is 1.41 bits per heavy atom. The van der Waals surface area contributed by atoms with Gasteiger partial charge >= 0.3 is 0 Å². The molecular weight excluding hydrogens is 464 g/mol. The minimum absolute atomic E-state index is 0.0714. The Morgan fingerprint density at radius 2 is 1.03 bits per heavy atom. The summed E-state index contributed by atoms with van der Waals surface area (Å²) >= 11 is 0. The van der Waals surface area contributed by atoms with Gasteiger partial charge in [0.25, 0.3) is 0 Å². The Hall–Kier alpha value is -4.20. The van der Waals surface area contributed by atoms with E-state index in [9.17, 15) is 9.59 Å². The molecule has 8 nitrogen and oxygen atoms in total. The van der Waals surface area contributed by atoms with Gasteiger partial charge in [0.1, 0.15) is 11.6 Å². The van der Waals surface area contributed by atoms with E-state index < -0.39 is 0 Å². The second-order valence-electron chi connectivity index (χ2n) is 9.53. The van der Waals surface area contributed by atoms with Gasteiger partial charge in [0.15, 0.2) is 0 Å². The van der Waals surface area contributed by atoms with E-state index >= 15 is 0 Å². The van der Waals surface area contributed by atoms with Crippen LogP contribution in [0.3, 0.4) is 0 Å². The number of rotatable bonds is 10. The maximum atomic E-state index is 12.3. The monoisotopic (exact) mass is 492 g/mol. The normalized spacial score (nSPS) is 17.0. The lowest BCUT2D eigenvalue weighted by Gasteiger charge is -2.11. The molecule has 0 bridgehead atoms. The van der Waals surface area contributed by atoms with Gasteiger partial charge in [-0.05, 0) is 67.8 Å². The molecule has 4 aromatic rings. The molecule has 8 heteroatoms. The summed E-state index contributed by atoms with van der Waals surface area (Å²) in [4.78, 5) is 33.1. The van der Waals surface area contributed by atoms with Crippen molar-refractivity contribution in [2.24, 2.45) is 0 Å². The molecule has 0 amide bonds. The number of ketones is 2. The summed E-state index contributed by atoms with van der Waals surface area (Å²) in [7, 11) is 0. The van der Waals surface area contributed by atoms with Gasteiger partial charge in [-0.2, -0.15) is 20.4 Å². The van der Waals surface area contributed by atoms with Crippen LogP contribution in [0.5, 0.6) is 0 Å². The van der Waals surface area contributed by atoms with Gasteiger partial charge in [0, 0.05) is 48.5 Å². The van der Waals surface area contributed by atoms with Crippen LogP contribution in [0, 0.1) is 0 Å². The number of Topliss-reactive ketones (excluding diaryl/α,β-unsaturated/α-hetero) is 2. The van der Waals surface area contributed by atoms with E-state index in [1.54, 1.807) is 12.4 Å². The smallest absolute Gasteiger partial charge is 0.144 e. The molecule has 1 aliphatic carbocycles. The van der Waals surface area contributed by atoms with E-state index in [4.69, 9.17) is 0 Å². The first-order valence-corrected chi connectivity index (χ1v) is 12.6. The molecule has 4 heterocycles. The third kappa shape index (κ3) is 6.73. The first kappa shape index (κ1) is 24.5. The predicted octanol–water partition coefficient (Wildman–Crippen LogP) is 3.82. The molecule has 5 rings (SSSR count). The van der Waals surface area contributed by atoms with Crippen LogP contribution in [0.15, 0.2) is 73.1 Å². The standard InChI is InChI=1S/C29H28N6O2/c36-26(16-22-5-1-3-13-30-22)18-24-9-11-28(34-32-24)20-7-8-21(15-20)29-12-10-25(33-35-29)19-27(37)17-23-6-2-4-14-31-23/h1-6,9-14,20-21H,7-8,15-19H2/t20-,21+. The number of carbonyl (C=O) groups excluding carboxylic acids is 2. The summed E-state index contributed by atoms with van der Waals surface area (Å²) in [5, 5.41) is 17.5. The second-order valence-corrected chi connectivity index (χ2v) is 9.53. The van der Waals surface area contributed by atoms with Gasteiger partial charge in [-0.15, -0.1) is 0 Å². The van der Waals surface area contributed by atoms with E-state index in [0.29, 0.717) is 36.1 Å². The topological polar surface area (TPSA) is 111 Å². The van der Waals surface area contributed by atoms with Crippen LogP contribution in [-0.2, 0) is 35.3 Å². The maximum Gasteiger partial charge on any atom is 0.144 e. The zero-order chi connectivity index (χ0) is 25.5. The molecule has 4 aromatic heterocycles. The molecule has 0 saturated heterocycles. The van der Waals surface area contributed by atoms with Gasteiger partial charge in [-0.1, -0.05) is 12.1 Å². The SMILES string of the molecule is O=C(Cc1ccccn1)Cc1ccc([C@@H]2CC[C@H](c3ccc(CC(=O)Cc4ccccn4)nn3)C2)nn1. The minimum Gasteiger partial charge on any atom is -0.299 e. The zero-order valence-electron chi connectivity index (χ0n) is 20.5. The van der Waals surface area contributed by atoms with E-state index in [2.05, 4.69) is 30.4 Å². The zero-order valence-corrected chi connectivity index (χ0v) is 20.5. The van der Waals surface area contributed by atoms with E-state index in [1.165, 1.54) is 0 Å². The van der Waals surface area contributed by atoms with Crippen molar-refractivity contribution in [2.75, 3.05) is 0 Å².